The number of carbonyl (C=O) groups is 1. The van der Waals surface area contributed by atoms with E-state index in [0.717, 1.165) is 9.33 Å². The number of rotatable bonds is 6. The molecule has 0 aliphatic rings. The molecule has 2 aromatic rings. The highest BCUT2D eigenvalue weighted by molar-refractivity contribution is 14.1. The third-order valence-electron chi connectivity index (χ3n) is 2.88. The minimum Gasteiger partial charge on any atom is -0.451 e. The number of amides is 1. The molecule has 1 heterocycles. The van der Waals surface area contributed by atoms with Gasteiger partial charge in [-0.3, -0.25) is 4.79 Å². The lowest BCUT2D eigenvalue weighted by molar-refractivity contribution is -0.127. The van der Waals surface area contributed by atoms with Crippen LogP contribution in [0, 0.1) is 3.77 Å². The summed E-state index contributed by atoms with van der Waals surface area (Å²) in [4.78, 5) is 13.8. The lowest BCUT2D eigenvalue weighted by Crippen LogP contribution is -2.31. The molecule has 1 aromatic heterocycles. The first-order chi connectivity index (χ1) is 10.2. The van der Waals surface area contributed by atoms with E-state index in [0.29, 0.717) is 18.8 Å². The number of aliphatic hydroxyl groups excluding tert-OH is 1. The molecular formula is C16H16INO3. The largest absolute Gasteiger partial charge is 0.451 e. The van der Waals surface area contributed by atoms with Crippen molar-refractivity contribution in [2.45, 2.75) is 6.54 Å². The van der Waals surface area contributed by atoms with Gasteiger partial charge in [0.1, 0.15) is 5.76 Å². The molecule has 0 aliphatic heterocycles. The average molecular weight is 397 g/mol. The van der Waals surface area contributed by atoms with Crippen LogP contribution in [0.25, 0.3) is 6.08 Å². The Kier molecular flexibility index (Phi) is 6.01. The molecule has 2 rings (SSSR count). The summed E-state index contributed by atoms with van der Waals surface area (Å²) in [6.07, 6.45) is 3.10. The maximum Gasteiger partial charge on any atom is 0.247 e. The number of nitrogens with zero attached hydrogens (tertiary/aromatic N) is 1. The monoisotopic (exact) mass is 397 g/mol. The molecule has 0 radical (unpaired) electrons. The van der Waals surface area contributed by atoms with Crippen LogP contribution in [0.4, 0.5) is 0 Å². The van der Waals surface area contributed by atoms with E-state index in [4.69, 9.17) is 9.52 Å². The van der Waals surface area contributed by atoms with E-state index < -0.39 is 0 Å². The standard InChI is InChI=1S/C16H16INO3/c17-15-8-6-14(21-15)7-9-16(20)18(10-11-19)12-13-4-2-1-3-5-13/h1-9,19H,10-12H2/b9-7+. The van der Waals surface area contributed by atoms with Gasteiger partial charge < -0.3 is 14.4 Å². The zero-order valence-corrected chi connectivity index (χ0v) is 13.6. The molecule has 0 fully saturated rings. The third kappa shape index (κ3) is 5.02. The van der Waals surface area contributed by atoms with Gasteiger partial charge in [0, 0.05) is 19.2 Å². The van der Waals surface area contributed by atoms with E-state index in [2.05, 4.69) is 22.6 Å². The summed E-state index contributed by atoms with van der Waals surface area (Å²) < 4.78 is 6.15. The van der Waals surface area contributed by atoms with Gasteiger partial charge >= 0.3 is 0 Å². The molecule has 0 spiro atoms. The van der Waals surface area contributed by atoms with Crippen molar-refractivity contribution in [1.82, 2.24) is 4.90 Å². The van der Waals surface area contributed by atoms with Gasteiger partial charge in [0.05, 0.1) is 6.61 Å². The Morgan fingerprint density at radius 1 is 1.24 bits per heavy atom. The van der Waals surface area contributed by atoms with Crippen LogP contribution >= 0.6 is 22.6 Å². The van der Waals surface area contributed by atoms with Crippen molar-refractivity contribution in [3.63, 3.8) is 0 Å². The normalized spacial score (nSPS) is 11.0. The van der Waals surface area contributed by atoms with Crippen molar-refractivity contribution < 1.29 is 14.3 Å². The Morgan fingerprint density at radius 2 is 2.00 bits per heavy atom. The molecule has 0 atom stereocenters. The maximum absolute atomic E-state index is 12.2. The second-order valence-electron chi connectivity index (χ2n) is 4.44. The minimum atomic E-state index is -0.153. The lowest BCUT2D eigenvalue weighted by Gasteiger charge is -2.20. The van der Waals surface area contributed by atoms with Crippen LogP contribution in [0.2, 0.25) is 0 Å². The number of furan rings is 1. The summed E-state index contributed by atoms with van der Waals surface area (Å²) >= 11 is 2.07. The zero-order valence-electron chi connectivity index (χ0n) is 11.4. The van der Waals surface area contributed by atoms with Crippen molar-refractivity contribution in [2.75, 3.05) is 13.2 Å². The fourth-order valence-electron chi connectivity index (χ4n) is 1.87. The molecule has 1 N–H and O–H groups in total. The van der Waals surface area contributed by atoms with Gasteiger partial charge in [0.15, 0.2) is 3.77 Å². The Bertz CT molecular complexity index is 607. The summed E-state index contributed by atoms with van der Waals surface area (Å²) in [5, 5.41) is 9.11. The molecule has 0 aliphatic carbocycles. The number of halogens is 1. The van der Waals surface area contributed by atoms with Crippen molar-refractivity contribution in [3.05, 3.63) is 63.6 Å². The SMILES string of the molecule is O=C(/C=C/c1ccc(I)o1)N(CCO)Cc1ccccc1. The van der Waals surface area contributed by atoms with Crippen molar-refractivity contribution in [3.8, 4) is 0 Å². The predicted octanol–water partition coefficient (Wildman–Crippen LogP) is 2.92. The highest BCUT2D eigenvalue weighted by Gasteiger charge is 2.10. The van der Waals surface area contributed by atoms with E-state index in [1.807, 2.05) is 36.4 Å². The summed E-state index contributed by atoms with van der Waals surface area (Å²) in [6.45, 7) is 0.707. The second kappa shape index (κ2) is 7.99. The number of hydrogen-bond acceptors (Lipinski definition) is 3. The fourth-order valence-corrected chi connectivity index (χ4v) is 2.30. The summed E-state index contributed by atoms with van der Waals surface area (Å²) in [6, 6.07) is 13.3. The van der Waals surface area contributed by atoms with Crippen molar-refractivity contribution in [1.29, 1.82) is 0 Å². The van der Waals surface area contributed by atoms with E-state index in [-0.39, 0.29) is 12.5 Å². The van der Waals surface area contributed by atoms with Crippen LogP contribution < -0.4 is 0 Å². The minimum absolute atomic E-state index is 0.0644. The Balaban J connectivity index is 2.03. The van der Waals surface area contributed by atoms with E-state index >= 15 is 0 Å². The molecule has 4 nitrogen and oxygen atoms in total. The Hall–Kier alpha value is -1.60. The van der Waals surface area contributed by atoms with Gasteiger partial charge in [-0.1, -0.05) is 30.3 Å². The van der Waals surface area contributed by atoms with Gasteiger partial charge in [-0.2, -0.15) is 0 Å². The zero-order chi connectivity index (χ0) is 15.1. The molecule has 0 saturated carbocycles. The molecule has 5 heteroatoms. The molecule has 0 unspecified atom stereocenters. The van der Waals surface area contributed by atoms with Crippen molar-refractivity contribution in [2.24, 2.45) is 0 Å². The second-order valence-corrected chi connectivity index (χ2v) is 5.51. The van der Waals surface area contributed by atoms with Crippen LogP contribution in [0.1, 0.15) is 11.3 Å². The van der Waals surface area contributed by atoms with E-state index in [1.54, 1.807) is 17.0 Å². The van der Waals surface area contributed by atoms with Crippen LogP contribution in [-0.4, -0.2) is 29.1 Å². The van der Waals surface area contributed by atoms with Crippen LogP contribution in [-0.2, 0) is 11.3 Å². The van der Waals surface area contributed by atoms with Crippen LogP contribution in [0.5, 0.6) is 0 Å². The molecule has 0 bridgehead atoms. The van der Waals surface area contributed by atoms with E-state index in [1.165, 1.54) is 6.08 Å². The Labute approximate surface area is 137 Å². The maximum atomic E-state index is 12.2. The first-order valence-electron chi connectivity index (χ1n) is 6.56. The average Bonchev–Trinajstić information content (AvgIpc) is 2.91. The fraction of sp³-hybridized carbons (Fsp3) is 0.188. The predicted molar refractivity (Wildman–Crippen MR) is 89.4 cm³/mol. The van der Waals surface area contributed by atoms with Gasteiger partial charge in [0.2, 0.25) is 5.91 Å². The summed E-state index contributed by atoms with van der Waals surface area (Å²) in [5.41, 5.74) is 1.03. The first-order valence-corrected chi connectivity index (χ1v) is 7.64. The quantitative estimate of drug-likeness (QED) is 0.603. The molecular weight excluding hydrogens is 381 g/mol. The third-order valence-corrected chi connectivity index (χ3v) is 3.46. The highest BCUT2D eigenvalue weighted by atomic mass is 127. The molecule has 0 saturated heterocycles. The molecule has 1 amide bonds. The van der Waals surface area contributed by atoms with Crippen molar-refractivity contribution >= 4 is 34.6 Å². The van der Waals surface area contributed by atoms with Gasteiger partial charge in [-0.25, -0.2) is 0 Å². The number of benzene rings is 1. The number of carbonyl (C=O) groups excluding carboxylic acids is 1. The Morgan fingerprint density at radius 3 is 2.62 bits per heavy atom. The van der Waals surface area contributed by atoms with Gasteiger partial charge in [0.25, 0.3) is 0 Å². The first kappa shape index (κ1) is 15.8. The van der Waals surface area contributed by atoms with Crippen LogP contribution in [0.3, 0.4) is 0 Å². The topological polar surface area (TPSA) is 53.7 Å². The molecule has 1 aromatic carbocycles. The number of aliphatic hydroxyl groups is 1. The summed E-state index contributed by atoms with van der Waals surface area (Å²) in [5.74, 6) is 0.482. The van der Waals surface area contributed by atoms with Gasteiger partial charge in [-0.05, 0) is 46.4 Å². The molecule has 21 heavy (non-hydrogen) atoms. The lowest BCUT2D eigenvalue weighted by atomic mass is 10.2. The van der Waals surface area contributed by atoms with E-state index in [9.17, 15) is 4.79 Å². The van der Waals surface area contributed by atoms with Crippen LogP contribution in [0.15, 0.2) is 53.0 Å². The smallest absolute Gasteiger partial charge is 0.247 e. The molecule has 110 valence electrons. The highest BCUT2D eigenvalue weighted by Crippen LogP contribution is 2.12. The number of hydrogen-bond donors (Lipinski definition) is 1. The summed E-state index contributed by atoms with van der Waals surface area (Å²) in [7, 11) is 0. The van der Waals surface area contributed by atoms with Gasteiger partial charge in [-0.15, -0.1) is 0 Å².